The normalized spacial score (nSPS) is 15.0. The Morgan fingerprint density at radius 2 is 0.750 bits per heavy atom. The molecule has 0 saturated carbocycles. The first kappa shape index (κ1) is 31.5. The molecule has 0 saturated heterocycles. The summed E-state index contributed by atoms with van der Waals surface area (Å²) in [7, 11) is 0. The Balaban J connectivity index is 3.25. The molecule has 0 aliphatic heterocycles. The van der Waals surface area contributed by atoms with Gasteiger partial charge >= 0.3 is 17.9 Å². The molecule has 1 rings (SSSR count). The second-order valence-corrected chi connectivity index (χ2v) is 12.1. The number of esters is 3. The number of ether oxygens (including phenoxy) is 3. The van der Waals surface area contributed by atoms with E-state index in [0.717, 1.165) is 0 Å². The maximum Gasteiger partial charge on any atom is 0.308 e. The van der Waals surface area contributed by atoms with E-state index in [0.29, 0.717) is 16.7 Å². The standard InChI is InChI=1S/C27H45N3O6/c1-25(2,3)34-22(31)13-19(28)16-10-17(20(29)14-23(32)35-26(4,5)6)12-18(11-16)21(30)15-24(33)36-27(7,8)9/h10-12,19-21H,13-15,28-30H2,1-9H3/t19-,20-,21-/m1/s1. The Morgan fingerprint density at radius 1 is 0.556 bits per heavy atom. The summed E-state index contributed by atoms with van der Waals surface area (Å²) in [6, 6.07) is 3.11. The average Bonchev–Trinajstić information content (AvgIpc) is 2.62. The Morgan fingerprint density at radius 3 is 0.917 bits per heavy atom. The van der Waals surface area contributed by atoms with Crippen LogP contribution in [-0.4, -0.2) is 34.7 Å². The molecule has 204 valence electrons. The maximum absolute atomic E-state index is 12.4. The number of hydrogen-bond acceptors (Lipinski definition) is 9. The summed E-state index contributed by atoms with van der Waals surface area (Å²) in [6.07, 6.45) is -0.200. The molecule has 1 aromatic carbocycles. The molecule has 0 amide bonds. The van der Waals surface area contributed by atoms with Crippen LogP contribution in [0.1, 0.15) is 116 Å². The van der Waals surface area contributed by atoms with E-state index < -0.39 is 52.8 Å². The predicted molar refractivity (Wildman–Crippen MR) is 139 cm³/mol. The number of benzene rings is 1. The molecule has 0 heterocycles. The molecular weight excluding hydrogens is 462 g/mol. The van der Waals surface area contributed by atoms with E-state index >= 15 is 0 Å². The van der Waals surface area contributed by atoms with Gasteiger partial charge in [0.1, 0.15) is 16.8 Å². The minimum Gasteiger partial charge on any atom is -0.460 e. The van der Waals surface area contributed by atoms with E-state index in [-0.39, 0.29) is 19.3 Å². The molecule has 0 unspecified atom stereocenters. The minimum absolute atomic E-state index is 0.0667. The van der Waals surface area contributed by atoms with Crippen molar-refractivity contribution >= 4 is 17.9 Å². The van der Waals surface area contributed by atoms with Crippen LogP contribution in [0.5, 0.6) is 0 Å². The highest BCUT2D eigenvalue weighted by molar-refractivity contribution is 5.72. The van der Waals surface area contributed by atoms with Gasteiger partial charge in [0, 0.05) is 18.1 Å². The molecule has 0 spiro atoms. The van der Waals surface area contributed by atoms with E-state index in [2.05, 4.69) is 0 Å². The highest BCUT2D eigenvalue weighted by Crippen LogP contribution is 2.28. The zero-order valence-electron chi connectivity index (χ0n) is 23.3. The molecular formula is C27H45N3O6. The fourth-order valence-electron chi connectivity index (χ4n) is 3.39. The number of carbonyl (C=O) groups is 3. The van der Waals surface area contributed by atoms with Gasteiger partial charge in [0.2, 0.25) is 0 Å². The zero-order chi connectivity index (χ0) is 28.1. The Labute approximate surface area is 215 Å². The molecule has 0 aliphatic rings. The second kappa shape index (κ2) is 12.2. The number of rotatable bonds is 9. The molecule has 1 aromatic rings. The van der Waals surface area contributed by atoms with E-state index in [9.17, 15) is 14.4 Å². The van der Waals surface area contributed by atoms with Crippen molar-refractivity contribution in [2.24, 2.45) is 17.2 Å². The van der Waals surface area contributed by atoms with E-state index in [4.69, 9.17) is 31.4 Å². The number of carbonyl (C=O) groups excluding carboxylic acids is 3. The van der Waals surface area contributed by atoms with Crippen LogP contribution in [-0.2, 0) is 28.6 Å². The lowest BCUT2D eigenvalue weighted by molar-refractivity contribution is -0.156. The fourth-order valence-corrected chi connectivity index (χ4v) is 3.39. The van der Waals surface area contributed by atoms with Crippen molar-refractivity contribution in [2.45, 2.75) is 117 Å². The van der Waals surface area contributed by atoms with Gasteiger partial charge in [0.15, 0.2) is 0 Å². The highest BCUT2D eigenvalue weighted by Gasteiger charge is 2.25. The van der Waals surface area contributed by atoms with Crippen LogP contribution in [0.25, 0.3) is 0 Å². The first-order chi connectivity index (χ1) is 16.1. The summed E-state index contributed by atoms with van der Waals surface area (Å²) >= 11 is 0. The van der Waals surface area contributed by atoms with E-state index in [1.807, 2.05) is 0 Å². The van der Waals surface area contributed by atoms with Crippen LogP contribution in [0.3, 0.4) is 0 Å². The number of hydrogen-bond donors (Lipinski definition) is 3. The van der Waals surface area contributed by atoms with Gasteiger partial charge in [0.05, 0.1) is 19.3 Å². The van der Waals surface area contributed by atoms with Crippen molar-refractivity contribution in [3.05, 3.63) is 34.9 Å². The van der Waals surface area contributed by atoms with Gasteiger partial charge in [-0.1, -0.05) is 18.2 Å². The highest BCUT2D eigenvalue weighted by atomic mass is 16.6. The third-order valence-corrected chi connectivity index (χ3v) is 4.70. The summed E-state index contributed by atoms with van der Waals surface area (Å²) in [5.41, 5.74) is 18.9. The van der Waals surface area contributed by atoms with Crippen molar-refractivity contribution < 1.29 is 28.6 Å². The SMILES string of the molecule is CC(C)(C)OC(=O)C[C@@H](N)c1cc([C@H](N)CC(=O)OC(C)(C)C)cc([C@H](N)CC(=O)OC(C)(C)C)c1. The lowest BCUT2D eigenvalue weighted by Gasteiger charge is -2.24. The van der Waals surface area contributed by atoms with Crippen LogP contribution in [0, 0.1) is 0 Å². The van der Waals surface area contributed by atoms with E-state index in [1.54, 1.807) is 80.5 Å². The van der Waals surface area contributed by atoms with Crippen LogP contribution < -0.4 is 17.2 Å². The van der Waals surface area contributed by atoms with Crippen molar-refractivity contribution in [3.63, 3.8) is 0 Å². The quantitative estimate of drug-likeness (QED) is 0.333. The van der Waals surface area contributed by atoms with E-state index in [1.165, 1.54) is 0 Å². The van der Waals surface area contributed by atoms with Crippen LogP contribution in [0.15, 0.2) is 18.2 Å². The monoisotopic (exact) mass is 507 g/mol. The Bertz CT molecular complexity index is 794. The van der Waals surface area contributed by atoms with Gasteiger partial charge < -0.3 is 31.4 Å². The molecule has 36 heavy (non-hydrogen) atoms. The number of nitrogens with two attached hydrogens (primary N) is 3. The first-order valence-corrected chi connectivity index (χ1v) is 12.2. The molecule has 0 fully saturated rings. The summed E-state index contributed by atoms with van der Waals surface area (Å²) < 4.78 is 16.2. The van der Waals surface area contributed by atoms with Gasteiger partial charge in [-0.25, -0.2) is 0 Å². The summed E-state index contributed by atoms with van der Waals surface area (Å²) in [5, 5.41) is 0. The first-order valence-electron chi connectivity index (χ1n) is 12.2. The Kier molecular flexibility index (Phi) is 10.7. The van der Waals surface area contributed by atoms with Crippen molar-refractivity contribution in [2.75, 3.05) is 0 Å². The van der Waals surface area contributed by atoms with Gasteiger partial charge in [-0.15, -0.1) is 0 Å². The van der Waals surface area contributed by atoms with Gasteiger partial charge in [-0.05, 0) is 79.0 Å². The lowest BCUT2D eigenvalue weighted by Crippen LogP contribution is -2.28. The summed E-state index contributed by atoms with van der Waals surface area (Å²) in [6.45, 7) is 16.0. The smallest absolute Gasteiger partial charge is 0.308 e. The fraction of sp³-hybridized carbons (Fsp3) is 0.667. The third kappa shape index (κ3) is 12.5. The Hall–Kier alpha value is -2.49. The molecule has 0 aliphatic carbocycles. The minimum atomic E-state index is -0.707. The van der Waals surface area contributed by atoms with Crippen LogP contribution in [0.2, 0.25) is 0 Å². The van der Waals surface area contributed by atoms with Gasteiger partial charge in [-0.3, -0.25) is 14.4 Å². The third-order valence-electron chi connectivity index (χ3n) is 4.70. The lowest BCUT2D eigenvalue weighted by atomic mass is 9.91. The van der Waals surface area contributed by atoms with Crippen molar-refractivity contribution in [3.8, 4) is 0 Å². The van der Waals surface area contributed by atoms with Crippen LogP contribution in [0.4, 0.5) is 0 Å². The van der Waals surface area contributed by atoms with Gasteiger partial charge in [-0.2, -0.15) is 0 Å². The van der Waals surface area contributed by atoms with Crippen LogP contribution >= 0.6 is 0 Å². The largest absolute Gasteiger partial charge is 0.460 e. The van der Waals surface area contributed by atoms with Crippen molar-refractivity contribution in [1.29, 1.82) is 0 Å². The maximum atomic E-state index is 12.4. The van der Waals surface area contributed by atoms with Gasteiger partial charge in [0.25, 0.3) is 0 Å². The summed E-state index contributed by atoms with van der Waals surface area (Å²) in [5.74, 6) is -1.34. The summed E-state index contributed by atoms with van der Waals surface area (Å²) in [4.78, 5) is 37.1. The second-order valence-electron chi connectivity index (χ2n) is 12.1. The zero-order valence-corrected chi connectivity index (χ0v) is 23.3. The predicted octanol–water partition coefficient (Wildman–Crippen LogP) is 3.88. The molecule has 0 bridgehead atoms. The molecule has 6 N–H and O–H groups in total. The molecule has 0 radical (unpaired) electrons. The molecule has 9 nitrogen and oxygen atoms in total. The topological polar surface area (TPSA) is 157 Å². The molecule has 9 heteroatoms. The van der Waals surface area contributed by atoms with Crippen molar-refractivity contribution in [1.82, 2.24) is 0 Å². The average molecular weight is 508 g/mol. The molecule has 0 aromatic heterocycles. The molecule has 3 atom stereocenters.